The molecule has 1 aromatic heterocycles. The van der Waals surface area contributed by atoms with Crippen LogP contribution in [0.3, 0.4) is 0 Å². The number of nitrogens with zero attached hydrogens (tertiary/aromatic N) is 3. The lowest BCUT2D eigenvalue weighted by Crippen LogP contribution is -2.09. The molecule has 0 unspecified atom stereocenters. The average molecular weight is 284 g/mol. The van der Waals surface area contributed by atoms with Gasteiger partial charge in [-0.2, -0.15) is 0 Å². The van der Waals surface area contributed by atoms with E-state index in [0.717, 1.165) is 0 Å². The third-order valence-electron chi connectivity index (χ3n) is 3.06. The number of rotatable bonds is 0. The van der Waals surface area contributed by atoms with Crippen LogP contribution in [0.4, 0.5) is 0 Å². The number of aromatic nitrogens is 3. The van der Waals surface area contributed by atoms with Crippen molar-refractivity contribution in [3.05, 3.63) is 51.9 Å². The molecule has 6 heteroatoms. The highest BCUT2D eigenvalue weighted by Crippen LogP contribution is 2.33. The van der Waals surface area contributed by atoms with Crippen molar-refractivity contribution in [1.82, 2.24) is 15.0 Å². The standard InChI is InChI=1S/C14H6ClN3O2/c15-9-13(19)11-10(16-5-6-17-11)12-14(9)20-8-4-2-1-3-7(8)18-12/h1-6H. The number of para-hydroxylation sites is 2. The second-order valence-electron chi connectivity index (χ2n) is 4.26. The van der Waals surface area contributed by atoms with Crippen LogP contribution in [0.2, 0.25) is 5.02 Å². The Morgan fingerprint density at radius 2 is 1.80 bits per heavy atom. The van der Waals surface area contributed by atoms with Gasteiger partial charge in [-0.1, -0.05) is 23.7 Å². The van der Waals surface area contributed by atoms with Crippen molar-refractivity contribution in [3.8, 4) is 11.5 Å². The Kier molecular flexibility index (Phi) is 2.25. The van der Waals surface area contributed by atoms with E-state index in [2.05, 4.69) is 15.0 Å². The zero-order chi connectivity index (χ0) is 13.7. The summed E-state index contributed by atoms with van der Waals surface area (Å²) in [7, 11) is 0. The maximum absolute atomic E-state index is 12.2. The smallest absolute Gasteiger partial charge is 0.228 e. The molecular formula is C14H6ClN3O2. The molecule has 2 heterocycles. The van der Waals surface area contributed by atoms with E-state index in [1.54, 1.807) is 6.07 Å². The highest BCUT2D eigenvalue weighted by molar-refractivity contribution is 6.34. The molecule has 2 aromatic rings. The molecule has 0 atom stereocenters. The fraction of sp³-hybridized carbons (Fsp3) is 0. The average Bonchev–Trinajstić information content (AvgIpc) is 2.51. The van der Waals surface area contributed by atoms with Gasteiger partial charge in [0.25, 0.3) is 0 Å². The maximum atomic E-state index is 12.2. The highest BCUT2D eigenvalue weighted by Gasteiger charge is 2.22. The molecule has 0 saturated heterocycles. The molecule has 1 aliphatic heterocycles. The maximum Gasteiger partial charge on any atom is 0.228 e. The molecule has 0 bridgehead atoms. The van der Waals surface area contributed by atoms with Gasteiger partial charge >= 0.3 is 0 Å². The first-order chi connectivity index (χ1) is 9.75. The molecule has 0 radical (unpaired) electrons. The van der Waals surface area contributed by atoms with Crippen molar-refractivity contribution >= 4 is 33.7 Å². The minimum absolute atomic E-state index is 0.0220. The topological polar surface area (TPSA) is 68.9 Å². The third kappa shape index (κ3) is 1.44. The van der Waals surface area contributed by atoms with Gasteiger partial charge in [0, 0.05) is 12.4 Å². The summed E-state index contributed by atoms with van der Waals surface area (Å²) in [4.78, 5) is 24.8. The van der Waals surface area contributed by atoms with E-state index in [0.29, 0.717) is 22.3 Å². The predicted molar refractivity (Wildman–Crippen MR) is 75.0 cm³/mol. The zero-order valence-electron chi connectivity index (χ0n) is 10.0. The number of hydrogen-bond acceptors (Lipinski definition) is 5. The molecule has 1 aromatic carbocycles. The molecule has 0 N–H and O–H groups in total. The van der Waals surface area contributed by atoms with Crippen LogP contribution >= 0.6 is 11.6 Å². The van der Waals surface area contributed by atoms with Crippen molar-refractivity contribution < 1.29 is 4.42 Å². The van der Waals surface area contributed by atoms with Gasteiger partial charge in [-0.05, 0) is 12.1 Å². The van der Waals surface area contributed by atoms with Gasteiger partial charge in [0.1, 0.15) is 27.3 Å². The van der Waals surface area contributed by atoms with Gasteiger partial charge in [0.2, 0.25) is 5.43 Å². The molecule has 0 fully saturated rings. The summed E-state index contributed by atoms with van der Waals surface area (Å²) in [6.07, 6.45) is 2.95. The Balaban J connectivity index is 2.34. The van der Waals surface area contributed by atoms with E-state index in [-0.39, 0.29) is 16.3 Å². The van der Waals surface area contributed by atoms with E-state index in [1.807, 2.05) is 18.2 Å². The molecule has 0 spiro atoms. The summed E-state index contributed by atoms with van der Waals surface area (Å²) in [5.41, 5.74) is 1.86. The summed E-state index contributed by atoms with van der Waals surface area (Å²) in [5, 5.41) is -0.0220. The molecule has 0 amide bonds. The number of halogens is 1. The van der Waals surface area contributed by atoms with Gasteiger partial charge in [0.05, 0.1) is 0 Å². The van der Waals surface area contributed by atoms with Crippen LogP contribution in [0.25, 0.3) is 33.6 Å². The summed E-state index contributed by atoms with van der Waals surface area (Å²) in [5.74, 6) is 0.239. The summed E-state index contributed by atoms with van der Waals surface area (Å²) >= 11 is 6.09. The largest absolute Gasteiger partial charge is 0.451 e. The zero-order valence-corrected chi connectivity index (χ0v) is 10.8. The summed E-state index contributed by atoms with van der Waals surface area (Å²) in [6, 6.07) is 7.27. The van der Waals surface area contributed by atoms with E-state index < -0.39 is 5.43 Å². The van der Waals surface area contributed by atoms with Crippen LogP contribution in [0.5, 0.6) is 0 Å². The summed E-state index contributed by atoms with van der Waals surface area (Å²) < 4.78 is 5.70. The van der Waals surface area contributed by atoms with Gasteiger partial charge in [-0.3, -0.25) is 9.78 Å². The number of fused-ring (bicyclic) bond motifs is 4. The van der Waals surface area contributed by atoms with Gasteiger partial charge in [0.15, 0.2) is 11.3 Å². The van der Waals surface area contributed by atoms with Crippen LogP contribution in [-0.4, -0.2) is 15.0 Å². The number of benzene rings is 2. The van der Waals surface area contributed by atoms with Crippen molar-refractivity contribution in [3.63, 3.8) is 0 Å². The fourth-order valence-corrected chi connectivity index (χ4v) is 2.38. The SMILES string of the molecule is O=c1c(Cl)c2oc3ccccc3nc-2c2nccnc12. The molecule has 96 valence electrons. The van der Waals surface area contributed by atoms with Crippen LogP contribution in [0.1, 0.15) is 0 Å². The molecule has 1 aliphatic carbocycles. The lowest BCUT2D eigenvalue weighted by Gasteiger charge is -2.09. The first-order valence-corrected chi connectivity index (χ1v) is 6.25. The molecule has 5 nitrogen and oxygen atoms in total. The Hall–Kier alpha value is -2.53. The Bertz CT molecular complexity index is 996. The second-order valence-corrected chi connectivity index (χ2v) is 4.63. The van der Waals surface area contributed by atoms with Gasteiger partial charge in [-0.25, -0.2) is 9.97 Å². The molecule has 2 aliphatic rings. The first-order valence-electron chi connectivity index (χ1n) is 5.87. The molecule has 20 heavy (non-hydrogen) atoms. The molecular weight excluding hydrogens is 278 g/mol. The van der Waals surface area contributed by atoms with Crippen LogP contribution in [0.15, 0.2) is 45.9 Å². The normalized spacial score (nSPS) is 11.4. The molecule has 4 rings (SSSR count). The van der Waals surface area contributed by atoms with E-state index in [4.69, 9.17) is 16.0 Å². The van der Waals surface area contributed by atoms with Crippen molar-refractivity contribution in [2.75, 3.05) is 0 Å². The Morgan fingerprint density at radius 1 is 1.05 bits per heavy atom. The fourth-order valence-electron chi connectivity index (χ4n) is 2.16. The minimum Gasteiger partial charge on any atom is -0.451 e. The Labute approximate surface area is 117 Å². The Morgan fingerprint density at radius 3 is 2.65 bits per heavy atom. The lowest BCUT2D eigenvalue weighted by molar-refractivity contribution is 0.613. The van der Waals surface area contributed by atoms with Crippen LogP contribution in [0, 0.1) is 0 Å². The van der Waals surface area contributed by atoms with Gasteiger partial charge in [-0.15, -0.1) is 0 Å². The van der Waals surface area contributed by atoms with E-state index in [1.165, 1.54) is 12.4 Å². The lowest BCUT2D eigenvalue weighted by atomic mass is 10.1. The van der Waals surface area contributed by atoms with Crippen molar-refractivity contribution in [2.24, 2.45) is 0 Å². The van der Waals surface area contributed by atoms with Crippen molar-refractivity contribution in [1.29, 1.82) is 0 Å². The quantitative estimate of drug-likeness (QED) is 0.367. The monoisotopic (exact) mass is 283 g/mol. The number of hydrogen-bond donors (Lipinski definition) is 0. The van der Waals surface area contributed by atoms with Gasteiger partial charge < -0.3 is 4.42 Å². The minimum atomic E-state index is -0.400. The molecule has 0 saturated carbocycles. The predicted octanol–water partition coefficient (Wildman–Crippen LogP) is 2.89. The van der Waals surface area contributed by atoms with E-state index >= 15 is 0 Å². The van der Waals surface area contributed by atoms with Crippen molar-refractivity contribution in [2.45, 2.75) is 0 Å². The second kappa shape index (κ2) is 3.98. The first kappa shape index (κ1) is 11.3. The highest BCUT2D eigenvalue weighted by atomic mass is 35.5. The summed E-state index contributed by atoms with van der Waals surface area (Å²) in [6.45, 7) is 0. The van der Waals surface area contributed by atoms with Crippen LogP contribution < -0.4 is 5.43 Å². The van der Waals surface area contributed by atoms with E-state index in [9.17, 15) is 4.79 Å². The van der Waals surface area contributed by atoms with Crippen LogP contribution in [-0.2, 0) is 0 Å². The third-order valence-corrected chi connectivity index (χ3v) is 3.40.